The largest absolute Gasteiger partial charge is 0.489 e. The van der Waals surface area contributed by atoms with E-state index in [0.717, 1.165) is 29.5 Å². The lowest BCUT2D eigenvalue weighted by atomic mass is 9.95. The molecule has 0 amide bonds. The highest BCUT2D eigenvalue weighted by molar-refractivity contribution is 5.86. The van der Waals surface area contributed by atoms with E-state index in [1.54, 1.807) is 6.92 Å². The van der Waals surface area contributed by atoms with Crippen LogP contribution in [0.25, 0.3) is 11.1 Å². The number of carbonyl (C=O) groups is 1. The molecule has 0 saturated heterocycles. The molecule has 0 saturated carbocycles. The van der Waals surface area contributed by atoms with Gasteiger partial charge < -0.3 is 14.6 Å². The Bertz CT molecular complexity index is 808. The Hall–Kier alpha value is -2.59. The van der Waals surface area contributed by atoms with E-state index in [0.29, 0.717) is 11.3 Å². The summed E-state index contributed by atoms with van der Waals surface area (Å²) in [6.45, 7) is 9.74. The number of benzene rings is 2. The molecule has 27 heavy (non-hydrogen) atoms. The van der Waals surface area contributed by atoms with Crippen LogP contribution < -0.4 is 4.74 Å². The van der Waals surface area contributed by atoms with Crippen molar-refractivity contribution in [3.8, 4) is 16.9 Å². The van der Waals surface area contributed by atoms with Gasteiger partial charge in [0.1, 0.15) is 19.0 Å². The number of rotatable bonds is 9. The number of aryl methyl sites for hydroxylation is 2. The van der Waals surface area contributed by atoms with Crippen molar-refractivity contribution in [1.82, 2.24) is 0 Å². The van der Waals surface area contributed by atoms with E-state index in [1.165, 1.54) is 11.1 Å². The Kier molecular flexibility index (Phi) is 7.62. The molecule has 0 aliphatic rings. The van der Waals surface area contributed by atoms with Gasteiger partial charge in [0.2, 0.25) is 0 Å². The Morgan fingerprint density at radius 1 is 1.07 bits per heavy atom. The van der Waals surface area contributed by atoms with E-state index in [9.17, 15) is 9.90 Å². The number of hydrogen-bond acceptors (Lipinski definition) is 4. The van der Waals surface area contributed by atoms with Crippen LogP contribution in [0.2, 0.25) is 0 Å². The summed E-state index contributed by atoms with van der Waals surface area (Å²) < 4.78 is 11.0. The monoisotopic (exact) mass is 368 g/mol. The van der Waals surface area contributed by atoms with Gasteiger partial charge in [0, 0.05) is 11.1 Å². The second kappa shape index (κ2) is 9.93. The highest BCUT2D eigenvalue weighted by Gasteiger charge is 2.11. The highest BCUT2D eigenvalue weighted by atomic mass is 16.6. The van der Waals surface area contributed by atoms with Gasteiger partial charge in [0.15, 0.2) is 0 Å². The molecule has 4 nitrogen and oxygen atoms in total. The minimum atomic E-state index is -0.426. The molecule has 0 bridgehead atoms. The van der Waals surface area contributed by atoms with Crippen LogP contribution in [0.5, 0.6) is 5.75 Å². The molecule has 0 aliphatic heterocycles. The number of hydrogen-bond donors (Lipinski definition) is 1. The predicted octanol–water partition coefficient (Wildman–Crippen LogP) is 4.60. The van der Waals surface area contributed by atoms with Crippen LogP contribution in [0.1, 0.15) is 37.0 Å². The lowest BCUT2D eigenvalue weighted by Gasteiger charge is -2.15. The molecule has 0 fully saturated rings. The highest BCUT2D eigenvalue weighted by Crippen LogP contribution is 2.34. The van der Waals surface area contributed by atoms with Gasteiger partial charge in [-0.15, -0.1) is 0 Å². The fraction of sp³-hybridized carbons (Fsp3) is 0.348. The standard InChI is InChI=1S/C23H28O4/c1-5-6-18-7-9-20(17(4)13-18)21-10-8-19(15-24)14-22(21)26-11-12-27-23(25)16(2)3/h7-10,13-14,24H,2,5-6,11-12,15H2,1,3-4H3. The van der Waals surface area contributed by atoms with Gasteiger partial charge in [-0.25, -0.2) is 4.79 Å². The lowest BCUT2D eigenvalue weighted by Crippen LogP contribution is -2.12. The molecular weight excluding hydrogens is 340 g/mol. The molecule has 0 atom stereocenters. The Labute approximate surface area is 161 Å². The zero-order valence-corrected chi connectivity index (χ0v) is 16.4. The lowest BCUT2D eigenvalue weighted by molar-refractivity contribution is -0.139. The SMILES string of the molecule is C=C(C)C(=O)OCCOc1cc(CO)ccc1-c1ccc(CCC)cc1C. The molecule has 0 heterocycles. The predicted molar refractivity (Wildman–Crippen MR) is 108 cm³/mol. The van der Waals surface area contributed by atoms with Gasteiger partial charge in [-0.2, -0.15) is 0 Å². The van der Waals surface area contributed by atoms with Crippen molar-refractivity contribution in [2.45, 2.75) is 40.2 Å². The van der Waals surface area contributed by atoms with Crippen molar-refractivity contribution in [3.63, 3.8) is 0 Å². The fourth-order valence-corrected chi connectivity index (χ4v) is 2.89. The van der Waals surface area contributed by atoms with E-state index in [1.807, 2.05) is 18.2 Å². The molecule has 2 aromatic carbocycles. The first-order valence-corrected chi connectivity index (χ1v) is 9.25. The van der Waals surface area contributed by atoms with Crippen LogP contribution in [0, 0.1) is 6.92 Å². The minimum absolute atomic E-state index is 0.0598. The van der Waals surface area contributed by atoms with E-state index in [-0.39, 0.29) is 19.8 Å². The molecule has 0 unspecified atom stereocenters. The van der Waals surface area contributed by atoms with E-state index in [2.05, 4.69) is 38.6 Å². The Morgan fingerprint density at radius 3 is 2.41 bits per heavy atom. The van der Waals surface area contributed by atoms with E-state index < -0.39 is 5.97 Å². The normalized spacial score (nSPS) is 10.5. The zero-order chi connectivity index (χ0) is 19.8. The van der Waals surface area contributed by atoms with Gasteiger partial charge >= 0.3 is 5.97 Å². The summed E-state index contributed by atoms with van der Waals surface area (Å²) in [5.41, 5.74) is 5.68. The van der Waals surface area contributed by atoms with Crippen LogP contribution >= 0.6 is 0 Å². The number of esters is 1. The average Bonchev–Trinajstić information content (AvgIpc) is 2.65. The van der Waals surface area contributed by atoms with Crippen LogP contribution in [0.4, 0.5) is 0 Å². The molecule has 1 N–H and O–H groups in total. The van der Waals surface area contributed by atoms with Crippen LogP contribution in [0.3, 0.4) is 0 Å². The summed E-state index contributed by atoms with van der Waals surface area (Å²) in [4.78, 5) is 11.5. The van der Waals surface area contributed by atoms with Crippen LogP contribution in [0.15, 0.2) is 48.6 Å². The molecular formula is C23H28O4. The van der Waals surface area contributed by atoms with Crippen molar-refractivity contribution in [1.29, 1.82) is 0 Å². The first-order chi connectivity index (χ1) is 13.0. The van der Waals surface area contributed by atoms with Gasteiger partial charge in [-0.3, -0.25) is 0 Å². The Balaban J connectivity index is 2.21. The summed E-state index contributed by atoms with van der Waals surface area (Å²) in [5, 5.41) is 9.44. The van der Waals surface area contributed by atoms with Crippen LogP contribution in [-0.2, 0) is 22.6 Å². The quantitative estimate of drug-likeness (QED) is 0.399. The first-order valence-electron chi connectivity index (χ1n) is 9.25. The molecule has 2 aromatic rings. The molecule has 0 radical (unpaired) electrons. The van der Waals surface area contributed by atoms with Crippen molar-refractivity contribution in [2.24, 2.45) is 0 Å². The molecule has 4 heteroatoms. The number of ether oxygens (including phenoxy) is 2. The third-order valence-corrected chi connectivity index (χ3v) is 4.27. The van der Waals surface area contributed by atoms with Crippen molar-refractivity contribution in [2.75, 3.05) is 13.2 Å². The third-order valence-electron chi connectivity index (χ3n) is 4.27. The smallest absolute Gasteiger partial charge is 0.333 e. The van der Waals surface area contributed by atoms with Gasteiger partial charge in [-0.05, 0) is 48.6 Å². The average molecular weight is 368 g/mol. The van der Waals surface area contributed by atoms with Crippen molar-refractivity contribution >= 4 is 5.97 Å². The summed E-state index contributed by atoms with van der Waals surface area (Å²) >= 11 is 0. The minimum Gasteiger partial charge on any atom is -0.489 e. The van der Waals surface area contributed by atoms with E-state index in [4.69, 9.17) is 9.47 Å². The second-order valence-corrected chi connectivity index (χ2v) is 6.65. The maximum Gasteiger partial charge on any atom is 0.333 e. The van der Waals surface area contributed by atoms with Gasteiger partial charge in [0.25, 0.3) is 0 Å². The molecule has 0 aromatic heterocycles. The number of aliphatic hydroxyl groups excluding tert-OH is 1. The molecule has 2 rings (SSSR count). The Morgan fingerprint density at radius 2 is 1.78 bits per heavy atom. The number of aliphatic hydroxyl groups is 1. The summed E-state index contributed by atoms with van der Waals surface area (Å²) in [6, 6.07) is 12.1. The molecule has 0 spiro atoms. The third kappa shape index (κ3) is 5.69. The summed E-state index contributed by atoms with van der Waals surface area (Å²) in [6.07, 6.45) is 2.17. The number of carbonyl (C=O) groups excluding carboxylic acids is 1. The maximum atomic E-state index is 11.5. The summed E-state index contributed by atoms with van der Waals surface area (Å²) in [7, 11) is 0. The molecule has 0 aliphatic carbocycles. The zero-order valence-electron chi connectivity index (χ0n) is 16.4. The topological polar surface area (TPSA) is 55.8 Å². The molecule has 144 valence electrons. The van der Waals surface area contributed by atoms with Crippen molar-refractivity contribution in [3.05, 3.63) is 65.2 Å². The van der Waals surface area contributed by atoms with E-state index >= 15 is 0 Å². The van der Waals surface area contributed by atoms with Crippen molar-refractivity contribution < 1.29 is 19.4 Å². The fourth-order valence-electron chi connectivity index (χ4n) is 2.89. The second-order valence-electron chi connectivity index (χ2n) is 6.65. The maximum absolute atomic E-state index is 11.5. The van der Waals surface area contributed by atoms with Gasteiger partial charge in [-0.1, -0.05) is 50.3 Å². The first kappa shape index (κ1) is 20.7. The van der Waals surface area contributed by atoms with Gasteiger partial charge in [0.05, 0.1) is 6.61 Å². The summed E-state index contributed by atoms with van der Waals surface area (Å²) in [5.74, 6) is 0.240. The van der Waals surface area contributed by atoms with Crippen LogP contribution in [-0.4, -0.2) is 24.3 Å².